The molecule has 0 bridgehead atoms. The van der Waals surface area contributed by atoms with E-state index in [2.05, 4.69) is 0 Å². The van der Waals surface area contributed by atoms with Gasteiger partial charge in [-0.25, -0.2) is 4.90 Å². The van der Waals surface area contributed by atoms with Gasteiger partial charge in [0.2, 0.25) is 0 Å². The van der Waals surface area contributed by atoms with Crippen LogP contribution in [0.1, 0.15) is 27.6 Å². The van der Waals surface area contributed by atoms with Gasteiger partial charge >= 0.3 is 0 Å². The highest BCUT2D eigenvalue weighted by atomic mass is 16.5. The van der Waals surface area contributed by atoms with Crippen molar-refractivity contribution in [3.63, 3.8) is 0 Å². The Morgan fingerprint density at radius 1 is 0.957 bits per heavy atom. The number of methoxy groups -OCH3 is 1. The molecule has 2 aromatic carbocycles. The molecule has 0 spiro atoms. The summed E-state index contributed by atoms with van der Waals surface area (Å²) in [5, 5.41) is 0. The molecule has 0 saturated heterocycles. The molecule has 0 aromatic heterocycles. The van der Waals surface area contributed by atoms with Gasteiger partial charge in [-0.3, -0.25) is 9.59 Å². The van der Waals surface area contributed by atoms with E-state index in [0.717, 1.165) is 0 Å². The summed E-state index contributed by atoms with van der Waals surface area (Å²) in [6.07, 6.45) is -0.198. The lowest BCUT2D eigenvalue weighted by atomic mass is 10.1. The first kappa shape index (κ1) is 15.2. The normalized spacial score (nSPS) is 14.8. The highest BCUT2D eigenvalue weighted by Crippen LogP contribution is 2.35. The summed E-state index contributed by atoms with van der Waals surface area (Å²) in [7, 11) is 1.59. The number of benzene rings is 2. The van der Waals surface area contributed by atoms with Crippen molar-refractivity contribution in [2.45, 2.75) is 13.0 Å². The van der Waals surface area contributed by atoms with Crippen molar-refractivity contribution in [3.05, 3.63) is 59.7 Å². The van der Waals surface area contributed by atoms with Gasteiger partial charge in [0.1, 0.15) is 11.9 Å². The van der Waals surface area contributed by atoms with Crippen LogP contribution in [0.15, 0.2) is 48.5 Å². The minimum Gasteiger partial charge on any atom is -0.486 e. The molecule has 5 nitrogen and oxygen atoms in total. The SMILES string of the molecule is COCC(C)Oc1ccccc1N1C(=O)c2ccccc2C1=O. The first-order chi connectivity index (χ1) is 11.1. The van der Waals surface area contributed by atoms with Crippen molar-refractivity contribution in [2.24, 2.45) is 0 Å². The largest absolute Gasteiger partial charge is 0.486 e. The molecule has 1 atom stereocenters. The van der Waals surface area contributed by atoms with Gasteiger partial charge < -0.3 is 9.47 Å². The molecule has 2 aromatic rings. The molecule has 0 aliphatic carbocycles. The maximum Gasteiger partial charge on any atom is 0.266 e. The second kappa shape index (κ2) is 6.22. The molecule has 1 heterocycles. The van der Waals surface area contributed by atoms with Crippen molar-refractivity contribution in [2.75, 3.05) is 18.6 Å². The lowest BCUT2D eigenvalue weighted by Crippen LogP contribution is -2.30. The zero-order chi connectivity index (χ0) is 16.4. The van der Waals surface area contributed by atoms with E-state index in [9.17, 15) is 9.59 Å². The van der Waals surface area contributed by atoms with E-state index in [-0.39, 0.29) is 17.9 Å². The lowest BCUT2D eigenvalue weighted by Gasteiger charge is -2.21. The molecular weight excluding hydrogens is 294 g/mol. The quantitative estimate of drug-likeness (QED) is 0.797. The summed E-state index contributed by atoms with van der Waals surface area (Å²) in [4.78, 5) is 26.4. The Kier molecular flexibility index (Phi) is 4.12. The number of nitrogens with zero attached hydrogens (tertiary/aromatic N) is 1. The minimum atomic E-state index is -0.332. The topological polar surface area (TPSA) is 55.8 Å². The number of hydrogen-bond acceptors (Lipinski definition) is 4. The fourth-order valence-electron chi connectivity index (χ4n) is 2.64. The van der Waals surface area contributed by atoms with Gasteiger partial charge in [-0.05, 0) is 31.2 Å². The van der Waals surface area contributed by atoms with E-state index < -0.39 is 0 Å². The summed E-state index contributed by atoms with van der Waals surface area (Å²) in [6.45, 7) is 2.28. The number of ether oxygens (including phenoxy) is 2. The number of fused-ring (bicyclic) bond motifs is 1. The third-order valence-electron chi connectivity index (χ3n) is 3.63. The molecule has 0 N–H and O–H groups in total. The number of carbonyl (C=O) groups excluding carboxylic acids is 2. The zero-order valence-electron chi connectivity index (χ0n) is 13.0. The highest BCUT2D eigenvalue weighted by Gasteiger charge is 2.37. The van der Waals surface area contributed by atoms with Gasteiger partial charge in [0, 0.05) is 7.11 Å². The predicted molar refractivity (Wildman–Crippen MR) is 86.0 cm³/mol. The molecule has 3 rings (SSSR count). The van der Waals surface area contributed by atoms with Gasteiger partial charge in [0.15, 0.2) is 0 Å². The Bertz CT molecular complexity index is 721. The van der Waals surface area contributed by atoms with Crippen molar-refractivity contribution < 1.29 is 19.1 Å². The third kappa shape index (κ3) is 2.71. The van der Waals surface area contributed by atoms with Gasteiger partial charge in [0.05, 0.1) is 23.4 Å². The fraction of sp³-hybridized carbons (Fsp3) is 0.222. The van der Waals surface area contributed by atoms with Crippen LogP contribution in [-0.4, -0.2) is 31.6 Å². The summed E-state index contributed by atoms with van der Waals surface area (Å²) >= 11 is 0. The van der Waals surface area contributed by atoms with E-state index in [1.807, 2.05) is 6.92 Å². The fourth-order valence-corrected chi connectivity index (χ4v) is 2.64. The van der Waals surface area contributed by atoms with Crippen LogP contribution in [-0.2, 0) is 4.74 Å². The summed E-state index contributed by atoms with van der Waals surface area (Å²) in [5.41, 5.74) is 1.27. The maximum absolute atomic E-state index is 12.6. The van der Waals surface area contributed by atoms with Crippen LogP contribution >= 0.6 is 0 Å². The Morgan fingerprint density at radius 3 is 2.13 bits per heavy atom. The second-order valence-electron chi connectivity index (χ2n) is 5.34. The van der Waals surface area contributed by atoms with Crippen LogP contribution in [0.2, 0.25) is 0 Å². The molecule has 118 valence electrons. The number of imide groups is 1. The van der Waals surface area contributed by atoms with Crippen LogP contribution in [0.25, 0.3) is 0 Å². The number of carbonyl (C=O) groups is 2. The number of anilines is 1. The van der Waals surface area contributed by atoms with Crippen molar-refractivity contribution in [3.8, 4) is 5.75 Å². The molecule has 1 aliphatic rings. The monoisotopic (exact) mass is 311 g/mol. The van der Waals surface area contributed by atoms with Crippen molar-refractivity contribution in [1.82, 2.24) is 0 Å². The average Bonchev–Trinajstić information content (AvgIpc) is 2.80. The highest BCUT2D eigenvalue weighted by molar-refractivity contribution is 6.34. The first-order valence-electron chi connectivity index (χ1n) is 7.36. The summed E-state index contributed by atoms with van der Waals surface area (Å²) in [5.74, 6) is -0.186. The molecule has 1 aliphatic heterocycles. The Morgan fingerprint density at radius 2 is 1.52 bits per heavy atom. The van der Waals surface area contributed by atoms with E-state index in [1.54, 1.807) is 55.6 Å². The van der Waals surface area contributed by atoms with E-state index in [1.165, 1.54) is 4.90 Å². The summed E-state index contributed by atoms with van der Waals surface area (Å²) < 4.78 is 10.9. The van der Waals surface area contributed by atoms with Crippen LogP contribution < -0.4 is 9.64 Å². The molecule has 2 amide bonds. The smallest absolute Gasteiger partial charge is 0.266 e. The Labute approximate surface area is 134 Å². The third-order valence-corrected chi connectivity index (χ3v) is 3.63. The van der Waals surface area contributed by atoms with E-state index in [0.29, 0.717) is 29.2 Å². The first-order valence-corrected chi connectivity index (χ1v) is 7.36. The van der Waals surface area contributed by atoms with Gasteiger partial charge in [-0.1, -0.05) is 24.3 Å². The average molecular weight is 311 g/mol. The zero-order valence-corrected chi connectivity index (χ0v) is 13.0. The van der Waals surface area contributed by atoms with Crippen molar-refractivity contribution >= 4 is 17.5 Å². The Balaban J connectivity index is 1.97. The lowest BCUT2D eigenvalue weighted by molar-refractivity contribution is 0.0890. The molecule has 1 unspecified atom stereocenters. The molecule has 0 radical (unpaired) electrons. The molecule has 0 fully saturated rings. The van der Waals surface area contributed by atoms with Gasteiger partial charge in [-0.15, -0.1) is 0 Å². The molecule has 5 heteroatoms. The summed E-state index contributed by atoms with van der Waals surface area (Å²) in [6, 6.07) is 13.8. The number of amides is 2. The van der Waals surface area contributed by atoms with Crippen molar-refractivity contribution in [1.29, 1.82) is 0 Å². The molecular formula is C18H17NO4. The van der Waals surface area contributed by atoms with Gasteiger partial charge in [0.25, 0.3) is 11.8 Å². The Hall–Kier alpha value is -2.66. The van der Waals surface area contributed by atoms with Crippen LogP contribution in [0.5, 0.6) is 5.75 Å². The molecule has 23 heavy (non-hydrogen) atoms. The molecule has 0 saturated carbocycles. The maximum atomic E-state index is 12.6. The number of hydrogen-bond donors (Lipinski definition) is 0. The van der Waals surface area contributed by atoms with Crippen LogP contribution in [0.4, 0.5) is 5.69 Å². The van der Waals surface area contributed by atoms with E-state index >= 15 is 0 Å². The predicted octanol–water partition coefficient (Wildman–Crippen LogP) is 2.90. The number of para-hydroxylation sites is 2. The van der Waals surface area contributed by atoms with Gasteiger partial charge in [-0.2, -0.15) is 0 Å². The van der Waals surface area contributed by atoms with Crippen LogP contribution in [0, 0.1) is 0 Å². The van der Waals surface area contributed by atoms with E-state index in [4.69, 9.17) is 9.47 Å². The second-order valence-corrected chi connectivity index (χ2v) is 5.34. The number of rotatable bonds is 5. The minimum absolute atomic E-state index is 0.198. The van der Waals surface area contributed by atoms with Crippen LogP contribution in [0.3, 0.4) is 0 Å². The standard InChI is InChI=1S/C18H17NO4/c1-12(11-22-2)23-16-10-6-5-9-15(16)19-17(20)13-7-3-4-8-14(13)18(19)21/h3-10,12H,11H2,1-2H3.